The zero-order valence-corrected chi connectivity index (χ0v) is 20.9. The van der Waals surface area contributed by atoms with E-state index in [-0.39, 0.29) is 12.1 Å². The molecule has 3 heterocycles. The minimum Gasteiger partial charge on any atom is -0.497 e. The van der Waals surface area contributed by atoms with Crippen LogP contribution in [0.4, 0.5) is 0 Å². The maximum atomic E-state index is 11.5. The molecule has 2 aliphatic rings. The second-order valence-corrected chi connectivity index (χ2v) is 10.4. The van der Waals surface area contributed by atoms with E-state index in [1.165, 1.54) is 30.2 Å². The van der Waals surface area contributed by atoms with Crippen molar-refractivity contribution >= 4 is 39.1 Å². The SMILES string of the molecule is COc1cccc(C2c3[nH]c4ccc(Br)cc4c3Cc3c(O)n(C4CCCCC4)c(=S)n32)c1. The first kappa shape index (κ1) is 21.1. The maximum absolute atomic E-state index is 11.5. The van der Waals surface area contributed by atoms with Crippen molar-refractivity contribution in [3.63, 3.8) is 0 Å². The number of hydrogen-bond donors (Lipinski definition) is 2. The molecule has 6 rings (SSSR count). The van der Waals surface area contributed by atoms with E-state index in [0.717, 1.165) is 45.5 Å². The first-order chi connectivity index (χ1) is 16.1. The maximum Gasteiger partial charge on any atom is 0.214 e. The fourth-order valence-corrected chi connectivity index (χ4v) is 6.57. The third-order valence-corrected chi connectivity index (χ3v) is 8.20. The summed E-state index contributed by atoms with van der Waals surface area (Å²) in [5.41, 5.74) is 5.41. The van der Waals surface area contributed by atoms with Crippen LogP contribution in [0.1, 0.15) is 66.7 Å². The van der Waals surface area contributed by atoms with Gasteiger partial charge in [0.15, 0.2) is 4.77 Å². The second-order valence-electron chi connectivity index (χ2n) is 9.15. The van der Waals surface area contributed by atoms with Gasteiger partial charge >= 0.3 is 0 Å². The van der Waals surface area contributed by atoms with Gasteiger partial charge in [-0.3, -0.25) is 4.57 Å². The quantitative estimate of drug-likeness (QED) is 0.249. The third-order valence-electron chi connectivity index (χ3n) is 7.32. The molecular weight excluding hydrogens is 498 g/mol. The van der Waals surface area contributed by atoms with Crippen LogP contribution in [0, 0.1) is 4.77 Å². The standard InChI is InChI=1S/C26H26BrN3O2S/c1-32-18-9-5-6-15(12-18)24-23-20(19-13-16(27)10-11-21(19)28-23)14-22-25(31)29(26(33)30(22)24)17-7-3-2-4-8-17/h5-6,9-13,17,24,28,31H,2-4,7-8,14H2,1H3. The number of ether oxygens (including phenoxy) is 1. The van der Waals surface area contributed by atoms with Crippen molar-refractivity contribution in [2.24, 2.45) is 0 Å². The molecular formula is C26H26BrN3O2S. The summed E-state index contributed by atoms with van der Waals surface area (Å²) in [6.07, 6.45) is 6.40. The fraction of sp³-hybridized carbons (Fsp3) is 0.346. The van der Waals surface area contributed by atoms with Crippen LogP contribution < -0.4 is 4.74 Å². The summed E-state index contributed by atoms with van der Waals surface area (Å²) in [6, 6.07) is 14.6. The van der Waals surface area contributed by atoms with E-state index in [4.69, 9.17) is 17.0 Å². The van der Waals surface area contributed by atoms with Gasteiger partial charge in [-0.25, -0.2) is 0 Å². The van der Waals surface area contributed by atoms with Gasteiger partial charge in [-0.05, 0) is 66.5 Å². The molecule has 1 unspecified atom stereocenters. The largest absolute Gasteiger partial charge is 0.497 e. The Morgan fingerprint density at radius 3 is 2.70 bits per heavy atom. The van der Waals surface area contributed by atoms with Crippen molar-refractivity contribution in [1.82, 2.24) is 14.1 Å². The van der Waals surface area contributed by atoms with Crippen molar-refractivity contribution in [3.8, 4) is 11.6 Å². The van der Waals surface area contributed by atoms with Crippen LogP contribution >= 0.6 is 28.1 Å². The lowest BCUT2D eigenvalue weighted by Crippen LogP contribution is -2.22. The predicted molar refractivity (Wildman–Crippen MR) is 136 cm³/mol. The highest BCUT2D eigenvalue weighted by Gasteiger charge is 2.36. The van der Waals surface area contributed by atoms with E-state index in [1.807, 2.05) is 16.7 Å². The molecule has 2 N–H and O–H groups in total. The zero-order valence-electron chi connectivity index (χ0n) is 18.5. The number of H-pyrrole nitrogens is 1. The molecule has 33 heavy (non-hydrogen) atoms. The lowest BCUT2D eigenvalue weighted by Gasteiger charge is -2.27. The number of nitrogens with one attached hydrogen (secondary N) is 1. The summed E-state index contributed by atoms with van der Waals surface area (Å²) in [6.45, 7) is 0. The Labute approximate surface area is 206 Å². The number of aromatic nitrogens is 3. The first-order valence-electron chi connectivity index (χ1n) is 11.6. The number of nitrogens with zero attached hydrogens (tertiary/aromatic N) is 2. The summed E-state index contributed by atoms with van der Waals surface area (Å²) in [5, 5.41) is 12.7. The van der Waals surface area contributed by atoms with Crippen molar-refractivity contribution in [1.29, 1.82) is 0 Å². The number of fused-ring (bicyclic) bond motifs is 4. The fourth-order valence-electron chi connectivity index (χ4n) is 5.76. The molecule has 0 bridgehead atoms. The Hall–Kier alpha value is -2.51. The average molecular weight is 524 g/mol. The second kappa shape index (κ2) is 8.06. The van der Waals surface area contributed by atoms with Gasteiger partial charge in [0.2, 0.25) is 5.88 Å². The first-order valence-corrected chi connectivity index (χ1v) is 12.8. The van der Waals surface area contributed by atoms with Crippen LogP contribution in [0.15, 0.2) is 46.9 Å². The number of hydrogen-bond acceptors (Lipinski definition) is 3. The highest BCUT2D eigenvalue weighted by molar-refractivity contribution is 9.10. The monoisotopic (exact) mass is 523 g/mol. The van der Waals surface area contributed by atoms with E-state index < -0.39 is 0 Å². The van der Waals surface area contributed by atoms with Gasteiger partial charge in [-0.2, -0.15) is 0 Å². The summed E-state index contributed by atoms with van der Waals surface area (Å²) in [5.74, 6) is 1.14. The lowest BCUT2D eigenvalue weighted by atomic mass is 9.93. The van der Waals surface area contributed by atoms with Gasteiger partial charge in [0.1, 0.15) is 11.8 Å². The lowest BCUT2D eigenvalue weighted by molar-refractivity contribution is 0.309. The Balaban J connectivity index is 1.62. The van der Waals surface area contributed by atoms with E-state index in [1.54, 1.807) is 7.11 Å². The van der Waals surface area contributed by atoms with E-state index in [9.17, 15) is 5.11 Å². The molecule has 170 valence electrons. The summed E-state index contributed by atoms with van der Waals surface area (Å²) >= 11 is 9.69. The number of imidazole rings is 1. The van der Waals surface area contributed by atoms with Crippen LogP contribution in [0.25, 0.3) is 10.9 Å². The van der Waals surface area contributed by atoms with Gasteiger partial charge in [0, 0.05) is 33.5 Å². The molecule has 5 nitrogen and oxygen atoms in total. The Morgan fingerprint density at radius 2 is 1.91 bits per heavy atom. The van der Waals surface area contributed by atoms with E-state index >= 15 is 0 Å². The van der Waals surface area contributed by atoms with Crippen LogP contribution in [0.5, 0.6) is 11.6 Å². The molecule has 1 saturated carbocycles. The van der Waals surface area contributed by atoms with Gasteiger partial charge in [-0.1, -0.05) is 47.3 Å². The molecule has 1 aliphatic heterocycles. The third kappa shape index (κ3) is 3.28. The average Bonchev–Trinajstić information content (AvgIpc) is 3.32. The minimum absolute atomic E-state index is 0.159. The van der Waals surface area contributed by atoms with Crippen LogP contribution in [-0.2, 0) is 6.42 Å². The normalized spacial score (nSPS) is 18.3. The van der Waals surface area contributed by atoms with Crippen LogP contribution in [0.2, 0.25) is 0 Å². The number of aromatic amines is 1. The van der Waals surface area contributed by atoms with Crippen molar-refractivity contribution < 1.29 is 9.84 Å². The smallest absolute Gasteiger partial charge is 0.214 e. The molecule has 1 aliphatic carbocycles. The van der Waals surface area contributed by atoms with Gasteiger partial charge in [-0.15, -0.1) is 0 Å². The molecule has 2 aromatic heterocycles. The molecule has 4 aromatic rings. The van der Waals surface area contributed by atoms with Gasteiger partial charge in [0.05, 0.1) is 12.8 Å². The number of aromatic hydroxyl groups is 1. The molecule has 0 amide bonds. The number of methoxy groups -OCH3 is 1. The molecule has 7 heteroatoms. The molecule has 0 saturated heterocycles. The zero-order chi connectivity index (χ0) is 22.7. The Kier molecular flexibility index (Phi) is 5.14. The van der Waals surface area contributed by atoms with E-state index in [2.05, 4.69) is 55.8 Å². The molecule has 1 fully saturated rings. The van der Waals surface area contributed by atoms with Crippen molar-refractivity contribution in [2.75, 3.05) is 7.11 Å². The highest BCUT2D eigenvalue weighted by atomic mass is 79.9. The predicted octanol–water partition coefficient (Wildman–Crippen LogP) is 7.02. The summed E-state index contributed by atoms with van der Waals surface area (Å²) < 4.78 is 11.5. The number of rotatable bonds is 3. The number of benzene rings is 2. The highest BCUT2D eigenvalue weighted by Crippen LogP contribution is 2.45. The van der Waals surface area contributed by atoms with Crippen molar-refractivity contribution in [2.45, 2.75) is 50.6 Å². The molecule has 1 atom stereocenters. The van der Waals surface area contributed by atoms with Gasteiger partial charge < -0.3 is 19.4 Å². The summed E-state index contributed by atoms with van der Waals surface area (Å²) in [4.78, 5) is 3.69. The topological polar surface area (TPSA) is 55.1 Å². The number of halogens is 1. The summed E-state index contributed by atoms with van der Waals surface area (Å²) in [7, 11) is 1.69. The van der Waals surface area contributed by atoms with Crippen molar-refractivity contribution in [3.05, 3.63) is 74.2 Å². The molecule has 0 radical (unpaired) electrons. The van der Waals surface area contributed by atoms with Crippen LogP contribution in [-0.4, -0.2) is 26.3 Å². The Morgan fingerprint density at radius 1 is 1.09 bits per heavy atom. The van der Waals surface area contributed by atoms with E-state index in [0.29, 0.717) is 17.1 Å². The molecule has 0 spiro atoms. The Bertz CT molecular complexity index is 1430. The van der Waals surface area contributed by atoms with Gasteiger partial charge in [0.25, 0.3) is 0 Å². The van der Waals surface area contributed by atoms with Crippen LogP contribution in [0.3, 0.4) is 0 Å². The molecule has 2 aromatic carbocycles. The minimum atomic E-state index is -0.159.